The van der Waals surface area contributed by atoms with E-state index in [-0.39, 0.29) is 19.3 Å². The number of rotatable bonds is 10. The van der Waals surface area contributed by atoms with Crippen molar-refractivity contribution in [3.63, 3.8) is 0 Å². The topological polar surface area (TPSA) is 145 Å². The second kappa shape index (κ2) is 9.80. The largest absolute Gasteiger partial charge is 0.480 e. The lowest BCUT2D eigenvalue weighted by Crippen LogP contribution is -2.46. The molecule has 0 fully saturated rings. The van der Waals surface area contributed by atoms with E-state index in [0.29, 0.717) is 11.2 Å². The van der Waals surface area contributed by atoms with E-state index in [1.54, 1.807) is 18.3 Å². The number of nitrogens with one attached hydrogen (secondary N) is 2. The number of aliphatic carboxylic acids is 1. The molecule has 1 aromatic heterocycles. The van der Waals surface area contributed by atoms with Crippen LogP contribution in [0.3, 0.4) is 0 Å². The number of fused-ring (bicyclic) bond motifs is 1. The summed E-state index contributed by atoms with van der Waals surface area (Å²) in [7, 11) is 1.35. The molecule has 2 rings (SSSR count). The number of benzene rings is 1. The van der Waals surface area contributed by atoms with Crippen molar-refractivity contribution >= 4 is 46.4 Å². The predicted octanol–water partition coefficient (Wildman–Crippen LogP) is 1.60. The van der Waals surface area contributed by atoms with Crippen LogP contribution in [-0.4, -0.2) is 58.0 Å². The number of para-hydroxylation sites is 1. The number of methoxy groups -OCH3 is 1. The van der Waals surface area contributed by atoms with Gasteiger partial charge in [-0.1, -0.05) is 23.7 Å². The van der Waals surface area contributed by atoms with E-state index < -0.39 is 29.8 Å². The maximum Gasteiger partial charge on any atom is 0.326 e. The average Bonchev–Trinajstić information content (AvgIpc) is 3.07. The smallest absolute Gasteiger partial charge is 0.326 e. The minimum atomic E-state index is -1.28. The Bertz CT molecular complexity index is 935. The quantitative estimate of drug-likeness (QED) is 0.311. The molecule has 0 radical (unpaired) electrons. The van der Waals surface area contributed by atoms with Crippen LogP contribution >= 0.6 is 11.6 Å². The van der Waals surface area contributed by atoms with Gasteiger partial charge in [0.15, 0.2) is 0 Å². The molecular formula is C18H19ClN4O5. The summed E-state index contributed by atoms with van der Waals surface area (Å²) < 4.78 is 5.24. The summed E-state index contributed by atoms with van der Waals surface area (Å²) in [6.07, 6.45) is 1.32. The normalized spacial score (nSPS) is 12.8. The van der Waals surface area contributed by atoms with Crippen molar-refractivity contribution in [1.82, 2.24) is 10.3 Å². The van der Waals surface area contributed by atoms with Crippen LogP contribution in [-0.2, 0) is 25.5 Å². The highest BCUT2D eigenvalue weighted by Crippen LogP contribution is 2.26. The summed E-state index contributed by atoms with van der Waals surface area (Å²) in [4.78, 5) is 40.9. The number of hydrogen-bond acceptors (Lipinski definition) is 4. The minimum Gasteiger partial charge on any atom is -0.480 e. The third-order valence-electron chi connectivity index (χ3n) is 4.23. The first-order chi connectivity index (χ1) is 13.4. The molecule has 0 aliphatic rings. The molecule has 0 spiro atoms. The molecule has 148 valence electrons. The van der Waals surface area contributed by atoms with Crippen molar-refractivity contribution in [3.05, 3.63) is 40.5 Å². The van der Waals surface area contributed by atoms with Gasteiger partial charge in [-0.15, -0.1) is 0 Å². The molecule has 0 bridgehead atoms. The predicted molar refractivity (Wildman–Crippen MR) is 101 cm³/mol. The van der Waals surface area contributed by atoms with Gasteiger partial charge in [-0.25, -0.2) is 4.79 Å². The van der Waals surface area contributed by atoms with E-state index in [1.807, 2.05) is 6.07 Å². The van der Waals surface area contributed by atoms with Crippen LogP contribution < -0.4 is 5.32 Å². The molecule has 2 atom stereocenters. The van der Waals surface area contributed by atoms with E-state index >= 15 is 0 Å². The summed E-state index contributed by atoms with van der Waals surface area (Å²) in [6.45, 7) is 0. The lowest BCUT2D eigenvalue weighted by atomic mass is 10.0. The van der Waals surface area contributed by atoms with Crippen LogP contribution in [0.1, 0.15) is 18.4 Å². The third-order valence-corrected chi connectivity index (χ3v) is 4.54. The molecule has 0 aliphatic carbocycles. The number of ether oxygens (including phenoxy) is 1. The second-order valence-corrected chi connectivity index (χ2v) is 6.46. The highest BCUT2D eigenvalue weighted by molar-refractivity contribution is 6.35. The second-order valence-electron chi connectivity index (χ2n) is 6.05. The van der Waals surface area contributed by atoms with Gasteiger partial charge < -0.3 is 25.7 Å². The molecule has 0 aliphatic heterocycles. The van der Waals surface area contributed by atoms with E-state index in [4.69, 9.17) is 21.9 Å². The molecular weight excluding hydrogens is 388 g/mol. The van der Waals surface area contributed by atoms with E-state index in [1.165, 1.54) is 7.11 Å². The van der Waals surface area contributed by atoms with Crippen LogP contribution in [0.4, 0.5) is 0 Å². The van der Waals surface area contributed by atoms with E-state index in [2.05, 4.69) is 15.1 Å². The summed E-state index contributed by atoms with van der Waals surface area (Å²) in [5.74, 6) is -2.45. The number of hydrogen-bond donors (Lipinski definition) is 3. The molecule has 1 aromatic carbocycles. The van der Waals surface area contributed by atoms with Crippen molar-refractivity contribution < 1.29 is 29.0 Å². The van der Waals surface area contributed by atoms with Gasteiger partial charge in [0.1, 0.15) is 12.1 Å². The summed E-state index contributed by atoms with van der Waals surface area (Å²) in [5.41, 5.74) is 9.84. The Morgan fingerprint density at radius 3 is 2.82 bits per heavy atom. The highest BCUT2D eigenvalue weighted by Gasteiger charge is 2.27. The highest BCUT2D eigenvalue weighted by atomic mass is 35.5. The van der Waals surface area contributed by atoms with Crippen molar-refractivity contribution in [1.29, 1.82) is 0 Å². The number of carbonyl (C=O) groups is 3. The molecule has 10 heteroatoms. The third kappa shape index (κ3) is 5.26. The molecule has 0 unspecified atom stereocenters. The molecule has 0 saturated heterocycles. The zero-order valence-corrected chi connectivity index (χ0v) is 15.8. The number of carbonyl (C=O) groups excluding carboxylic acids is 2. The lowest BCUT2D eigenvalue weighted by Gasteiger charge is -2.19. The lowest BCUT2D eigenvalue weighted by molar-refractivity contribution is -0.144. The van der Waals surface area contributed by atoms with Crippen LogP contribution in [0, 0.1) is 0 Å². The number of carboxylic acids is 1. The van der Waals surface area contributed by atoms with E-state index in [0.717, 1.165) is 16.5 Å². The van der Waals surface area contributed by atoms with Gasteiger partial charge in [-0.2, -0.15) is 4.79 Å². The summed E-state index contributed by atoms with van der Waals surface area (Å²) >= 11 is 6.13. The SMILES string of the molecule is CO[C@@H](Cc1c[nH]c2c(Cl)cccc12)C(=O)N[C@@H](CCC(=O)C=[N+]=[N-])C(=O)O. The number of amides is 1. The van der Waals surface area contributed by atoms with Gasteiger partial charge in [0.05, 0.1) is 10.5 Å². The maximum absolute atomic E-state index is 12.5. The molecule has 2 aromatic rings. The maximum atomic E-state index is 12.5. The molecule has 1 heterocycles. The first kappa shape index (κ1) is 21.3. The van der Waals surface area contributed by atoms with Crippen LogP contribution in [0.2, 0.25) is 5.02 Å². The zero-order valence-electron chi connectivity index (χ0n) is 15.0. The summed E-state index contributed by atoms with van der Waals surface area (Å²) in [6, 6.07) is 4.10. The van der Waals surface area contributed by atoms with Crippen molar-refractivity contribution in [2.45, 2.75) is 31.4 Å². The Balaban J connectivity index is 2.08. The van der Waals surface area contributed by atoms with Gasteiger partial charge in [0.2, 0.25) is 11.7 Å². The van der Waals surface area contributed by atoms with Gasteiger partial charge in [0, 0.05) is 31.5 Å². The molecule has 28 heavy (non-hydrogen) atoms. The Morgan fingerprint density at radius 2 is 2.18 bits per heavy atom. The number of nitrogens with zero attached hydrogens (tertiary/aromatic N) is 2. The number of aromatic nitrogens is 1. The Morgan fingerprint density at radius 1 is 1.43 bits per heavy atom. The number of carboxylic acid groups (broad SMARTS) is 1. The number of H-pyrrole nitrogens is 1. The van der Waals surface area contributed by atoms with Crippen LogP contribution in [0.15, 0.2) is 24.4 Å². The van der Waals surface area contributed by atoms with E-state index in [9.17, 15) is 19.5 Å². The Hall–Kier alpha value is -3.00. The van der Waals surface area contributed by atoms with Gasteiger partial charge in [0.25, 0.3) is 0 Å². The number of Topliss-reactive ketones (excluding diaryl/α,β-unsaturated/α-hetero) is 1. The van der Waals surface area contributed by atoms with Crippen molar-refractivity contribution in [3.8, 4) is 0 Å². The number of aromatic amines is 1. The van der Waals surface area contributed by atoms with Crippen molar-refractivity contribution in [2.75, 3.05) is 7.11 Å². The molecule has 0 saturated carbocycles. The fraction of sp³-hybridized carbons (Fsp3) is 0.333. The fourth-order valence-electron chi connectivity index (χ4n) is 2.76. The summed E-state index contributed by atoms with van der Waals surface area (Å²) in [5, 5.41) is 13.0. The first-order valence-electron chi connectivity index (χ1n) is 8.38. The number of halogens is 1. The monoisotopic (exact) mass is 406 g/mol. The first-order valence-corrected chi connectivity index (χ1v) is 8.75. The molecule has 1 amide bonds. The van der Waals surface area contributed by atoms with Crippen molar-refractivity contribution in [2.24, 2.45) is 0 Å². The fourth-order valence-corrected chi connectivity index (χ4v) is 2.99. The van der Waals surface area contributed by atoms with Gasteiger partial charge in [-0.05, 0) is 18.1 Å². The standard InChI is InChI=1S/C18H19ClN4O5/c1-28-15(7-10-8-21-16-12(10)3-2-4-13(16)19)17(25)23-14(18(26)27)6-5-11(24)9-22-20/h2-4,8-9,14-15,21H,5-7H2,1H3,(H,23,25)(H,26,27)/t14-,15-/m0/s1. The van der Waals surface area contributed by atoms with Crippen LogP contribution in [0.25, 0.3) is 16.4 Å². The minimum absolute atomic E-state index is 0.148. The van der Waals surface area contributed by atoms with Gasteiger partial charge >= 0.3 is 12.2 Å². The Labute approximate surface area is 165 Å². The van der Waals surface area contributed by atoms with Crippen LogP contribution in [0.5, 0.6) is 0 Å². The molecule has 9 nitrogen and oxygen atoms in total. The average molecular weight is 407 g/mol. The zero-order chi connectivity index (χ0) is 20.7. The molecule has 3 N–H and O–H groups in total. The Kier molecular flexibility index (Phi) is 7.45. The van der Waals surface area contributed by atoms with Gasteiger partial charge in [-0.3, -0.25) is 9.59 Å². The number of ketones is 1.